The SMILES string of the molecule is Cc1c(NC(=O)c2cc(C3CC3)c(CN[C@H](CO)C(=O)O)cn2)cccc1-c1cccc(NC(=O)c2cc(C3CC3)c(CN3CC(C)(O)C3)cn2)c1C. The lowest BCUT2D eigenvalue weighted by Crippen LogP contribution is -2.59. The third kappa shape index (κ3) is 8.16. The highest BCUT2D eigenvalue weighted by Crippen LogP contribution is 2.43. The van der Waals surface area contributed by atoms with Crippen LogP contribution in [0.5, 0.6) is 0 Å². The molecule has 2 aromatic heterocycles. The van der Waals surface area contributed by atoms with Crippen LogP contribution in [0.1, 0.15) is 98.8 Å². The molecule has 0 radical (unpaired) electrons. The van der Waals surface area contributed by atoms with Gasteiger partial charge >= 0.3 is 5.97 Å². The van der Waals surface area contributed by atoms with E-state index in [9.17, 15) is 29.7 Å². The van der Waals surface area contributed by atoms with Crippen LogP contribution in [0.4, 0.5) is 11.4 Å². The molecular weight excluding hydrogens is 672 g/mol. The maximum Gasteiger partial charge on any atom is 0.323 e. The van der Waals surface area contributed by atoms with E-state index in [2.05, 4.69) is 30.8 Å². The van der Waals surface area contributed by atoms with Crippen molar-refractivity contribution in [2.75, 3.05) is 30.3 Å². The van der Waals surface area contributed by atoms with Crippen molar-refractivity contribution in [2.24, 2.45) is 0 Å². The summed E-state index contributed by atoms with van der Waals surface area (Å²) >= 11 is 0. The number of aromatic nitrogens is 2. The number of likely N-dealkylation sites (tertiary alicyclic amines) is 1. The van der Waals surface area contributed by atoms with Crippen LogP contribution in [0, 0.1) is 13.8 Å². The minimum absolute atomic E-state index is 0.215. The Kier molecular flexibility index (Phi) is 10.1. The molecule has 7 rings (SSSR count). The molecule has 276 valence electrons. The fourth-order valence-electron chi connectivity index (χ4n) is 7.31. The van der Waals surface area contributed by atoms with Crippen LogP contribution in [-0.2, 0) is 17.9 Å². The van der Waals surface area contributed by atoms with Crippen molar-refractivity contribution in [1.29, 1.82) is 0 Å². The Labute approximate surface area is 308 Å². The van der Waals surface area contributed by atoms with Gasteiger partial charge in [0.05, 0.1) is 12.2 Å². The normalized spacial score (nSPS) is 17.2. The van der Waals surface area contributed by atoms with Crippen LogP contribution in [-0.4, -0.2) is 79.3 Å². The van der Waals surface area contributed by atoms with Crippen LogP contribution < -0.4 is 16.0 Å². The number of aliphatic hydroxyl groups excluding tert-OH is 1. The number of carboxylic acid groups (broad SMARTS) is 1. The highest BCUT2D eigenvalue weighted by molar-refractivity contribution is 6.05. The summed E-state index contributed by atoms with van der Waals surface area (Å²) in [6.45, 7) is 7.40. The maximum atomic E-state index is 13.6. The van der Waals surface area contributed by atoms with E-state index < -0.39 is 24.2 Å². The van der Waals surface area contributed by atoms with Crippen LogP contribution in [0.3, 0.4) is 0 Å². The molecule has 4 aromatic rings. The van der Waals surface area contributed by atoms with E-state index in [1.165, 1.54) is 0 Å². The third-order valence-corrected chi connectivity index (χ3v) is 10.5. The van der Waals surface area contributed by atoms with Gasteiger partial charge in [-0.1, -0.05) is 24.3 Å². The number of rotatable bonds is 14. The first-order valence-electron chi connectivity index (χ1n) is 18.2. The Balaban J connectivity index is 1.06. The van der Waals surface area contributed by atoms with Crippen LogP contribution in [0.25, 0.3) is 11.1 Å². The second-order valence-electron chi connectivity index (χ2n) is 15.0. The lowest BCUT2D eigenvalue weighted by molar-refractivity contribution is -0.140. The van der Waals surface area contributed by atoms with E-state index in [0.29, 0.717) is 42.6 Å². The zero-order valence-corrected chi connectivity index (χ0v) is 30.3. The number of carboxylic acids is 1. The first-order chi connectivity index (χ1) is 25.4. The van der Waals surface area contributed by atoms with Crippen molar-refractivity contribution in [2.45, 2.75) is 83.0 Å². The van der Waals surface area contributed by atoms with E-state index in [1.54, 1.807) is 12.3 Å². The Hall–Kier alpha value is -5.01. The number of hydrogen-bond donors (Lipinski definition) is 6. The quantitative estimate of drug-likeness (QED) is 0.103. The van der Waals surface area contributed by atoms with E-state index in [0.717, 1.165) is 70.2 Å². The number of hydrogen-bond acceptors (Lipinski definition) is 9. The molecule has 3 heterocycles. The molecule has 3 aliphatic rings. The lowest BCUT2D eigenvalue weighted by Gasteiger charge is -2.44. The Morgan fingerprint density at radius 2 is 1.32 bits per heavy atom. The summed E-state index contributed by atoms with van der Waals surface area (Å²) in [6, 6.07) is 14.1. The topological polar surface area (TPSA) is 177 Å². The van der Waals surface area contributed by atoms with Crippen molar-refractivity contribution in [3.05, 3.63) is 106 Å². The molecule has 0 unspecified atom stereocenters. The summed E-state index contributed by atoms with van der Waals surface area (Å²) in [5.74, 6) is -1.05. The fraction of sp³-hybridized carbons (Fsp3) is 0.390. The molecule has 2 saturated carbocycles. The molecular formula is C41H46N6O6. The number of benzene rings is 2. The molecule has 12 nitrogen and oxygen atoms in total. The monoisotopic (exact) mass is 718 g/mol. The van der Waals surface area contributed by atoms with Crippen molar-refractivity contribution in [3.63, 3.8) is 0 Å². The molecule has 2 amide bonds. The largest absolute Gasteiger partial charge is 0.480 e. The number of nitrogens with one attached hydrogen (secondary N) is 3. The average molecular weight is 719 g/mol. The molecule has 0 spiro atoms. The molecule has 2 aromatic carbocycles. The van der Waals surface area contributed by atoms with Crippen molar-refractivity contribution < 1.29 is 29.7 Å². The second kappa shape index (κ2) is 14.8. The van der Waals surface area contributed by atoms with Gasteiger partial charge in [0.15, 0.2) is 0 Å². The Morgan fingerprint density at radius 3 is 1.77 bits per heavy atom. The highest BCUT2D eigenvalue weighted by atomic mass is 16.4. The zero-order valence-electron chi connectivity index (χ0n) is 30.3. The number of aliphatic hydroxyl groups is 2. The van der Waals surface area contributed by atoms with Gasteiger partial charge in [-0.25, -0.2) is 0 Å². The summed E-state index contributed by atoms with van der Waals surface area (Å²) in [4.78, 5) is 49.6. The predicted octanol–water partition coefficient (Wildman–Crippen LogP) is 5.12. The summed E-state index contributed by atoms with van der Waals surface area (Å²) in [5, 5.41) is 37.8. The summed E-state index contributed by atoms with van der Waals surface area (Å²) in [5.41, 5.74) is 8.88. The van der Waals surface area contributed by atoms with E-state index in [1.807, 2.05) is 69.4 Å². The van der Waals surface area contributed by atoms with Crippen LogP contribution in [0.2, 0.25) is 0 Å². The van der Waals surface area contributed by atoms with Crippen LogP contribution >= 0.6 is 0 Å². The van der Waals surface area contributed by atoms with E-state index in [-0.39, 0.29) is 30.0 Å². The van der Waals surface area contributed by atoms with Gasteiger partial charge in [-0.3, -0.25) is 34.6 Å². The minimum atomic E-state index is -1.13. The van der Waals surface area contributed by atoms with Crippen molar-refractivity contribution in [1.82, 2.24) is 20.2 Å². The van der Waals surface area contributed by atoms with Gasteiger partial charge < -0.3 is 26.0 Å². The van der Waals surface area contributed by atoms with Crippen LogP contribution in [0.15, 0.2) is 60.9 Å². The standard InChI is InChI=1S/C41H46N6O6/c1-23-29(6-4-8-33(23)45-38(49)35-14-31(25-10-11-25)27(16-42-35)17-44-37(20-48)40(51)52)30-7-5-9-34(24(30)2)46-39(50)36-15-32(26-12-13-26)28(18-43-36)19-47-21-41(3,53)22-47/h4-9,14-16,18,25-26,37,44,48,53H,10-13,17,19-22H2,1-3H3,(H,45,49)(H,46,50)(H,51,52)/t37-/m1/s1. The third-order valence-electron chi connectivity index (χ3n) is 10.5. The van der Waals surface area contributed by atoms with Crippen molar-refractivity contribution in [3.8, 4) is 11.1 Å². The average Bonchev–Trinajstić information content (AvgIpc) is 4.04. The van der Waals surface area contributed by atoms with E-state index >= 15 is 0 Å². The van der Waals surface area contributed by atoms with Gasteiger partial charge in [-0.2, -0.15) is 0 Å². The number of carbonyl (C=O) groups is 3. The molecule has 2 aliphatic carbocycles. The predicted molar refractivity (Wildman–Crippen MR) is 201 cm³/mol. The number of β-amino-alcohol motifs (C(OH)–C–C–N with tert-alkyl or cyclic N) is 1. The number of carbonyl (C=O) groups excluding carboxylic acids is 2. The molecule has 0 bridgehead atoms. The summed E-state index contributed by atoms with van der Waals surface area (Å²) in [6.07, 6.45) is 7.58. The minimum Gasteiger partial charge on any atom is -0.480 e. The van der Waals surface area contributed by atoms with Crippen molar-refractivity contribution >= 4 is 29.2 Å². The van der Waals surface area contributed by atoms with Gasteiger partial charge in [0, 0.05) is 49.9 Å². The first kappa shape index (κ1) is 36.4. The molecule has 1 saturated heterocycles. The molecule has 1 aliphatic heterocycles. The molecule has 1 atom stereocenters. The Bertz CT molecular complexity index is 2070. The van der Waals surface area contributed by atoms with Gasteiger partial charge in [0.1, 0.15) is 17.4 Å². The first-order valence-corrected chi connectivity index (χ1v) is 18.2. The Morgan fingerprint density at radius 1 is 0.830 bits per heavy atom. The fourth-order valence-corrected chi connectivity index (χ4v) is 7.31. The number of aliphatic carboxylic acids is 1. The molecule has 3 fully saturated rings. The number of nitrogens with zero attached hydrogens (tertiary/aromatic N) is 3. The summed E-state index contributed by atoms with van der Waals surface area (Å²) in [7, 11) is 0. The van der Waals surface area contributed by atoms with E-state index in [4.69, 9.17) is 0 Å². The number of amides is 2. The zero-order chi connectivity index (χ0) is 37.4. The maximum absolute atomic E-state index is 13.6. The highest BCUT2D eigenvalue weighted by Gasteiger charge is 2.37. The van der Waals surface area contributed by atoms with Gasteiger partial charge in [-0.15, -0.1) is 0 Å². The smallest absolute Gasteiger partial charge is 0.323 e. The summed E-state index contributed by atoms with van der Waals surface area (Å²) < 4.78 is 0. The second-order valence-corrected chi connectivity index (χ2v) is 15.0. The van der Waals surface area contributed by atoms with Gasteiger partial charge in [-0.05, 0) is 127 Å². The molecule has 6 N–H and O–H groups in total. The number of pyridine rings is 2. The molecule has 12 heteroatoms. The van der Waals surface area contributed by atoms with Gasteiger partial charge in [0.25, 0.3) is 11.8 Å². The van der Waals surface area contributed by atoms with Gasteiger partial charge in [0.2, 0.25) is 0 Å². The lowest BCUT2D eigenvalue weighted by atomic mass is 9.94. The number of anilines is 2. The molecule has 53 heavy (non-hydrogen) atoms.